The van der Waals surface area contributed by atoms with Gasteiger partial charge in [0, 0.05) is 17.0 Å². The topological polar surface area (TPSA) is 39.2 Å². The molecule has 0 radical (unpaired) electrons. The van der Waals surface area contributed by atoms with E-state index in [1.165, 1.54) is 47.8 Å². The Morgan fingerprint density at radius 1 is 1.12 bits per heavy atom. The number of aromatic nitrogens is 1. The highest BCUT2D eigenvalue weighted by atomic mass is 32.1. The molecule has 25 heavy (non-hydrogen) atoms. The summed E-state index contributed by atoms with van der Waals surface area (Å²) < 4.78 is 31.1. The summed E-state index contributed by atoms with van der Waals surface area (Å²) in [6.45, 7) is 0.0318. The normalized spacial score (nSPS) is 11.0. The first-order valence-electron chi connectivity index (χ1n) is 7.41. The highest BCUT2D eigenvalue weighted by Gasteiger charge is 2.07. The second-order valence-corrected chi connectivity index (χ2v) is 6.01. The van der Waals surface area contributed by atoms with Crippen molar-refractivity contribution in [2.75, 3.05) is 0 Å². The number of hydrogen-bond donors (Lipinski definition) is 0. The molecule has 0 fully saturated rings. The van der Waals surface area contributed by atoms with Gasteiger partial charge in [-0.2, -0.15) is 0 Å². The van der Waals surface area contributed by atoms with Gasteiger partial charge in [0.25, 0.3) is 0 Å². The Balaban J connectivity index is 1.56. The Kier molecular flexibility index (Phi) is 5.30. The van der Waals surface area contributed by atoms with Crippen molar-refractivity contribution in [3.63, 3.8) is 0 Å². The van der Waals surface area contributed by atoms with Crippen LogP contribution in [0.2, 0.25) is 0 Å². The average molecular weight is 357 g/mol. The fraction of sp³-hybridized carbons (Fsp3) is 0.0526. The van der Waals surface area contributed by atoms with E-state index >= 15 is 0 Å². The van der Waals surface area contributed by atoms with Gasteiger partial charge < -0.3 is 4.74 Å². The van der Waals surface area contributed by atoms with Crippen molar-refractivity contribution < 1.29 is 18.3 Å². The second-order valence-electron chi connectivity index (χ2n) is 5.15. The molecule has 0 aliphatic rings. The first-order chi connectivity index (χ1) is 12.1. The van der Waals surface area contributed by atoms with Gasteiger partial charge >= 0.3 is 5.97 Å². The lowest BCUT2D eigenvalue weighted by Crippen LogP contribution is -2.01. The molecular weight excluding hydrogens is 344 g/mol. The lowest BCUT2D eigenvalue weighted by molar-refractivity contribution is -0.139. The first-order valence-corrected chi connectivity index (χ1v) is 8.29. The summed E-state index contributed by atoms with van der Waals surface area (Å²) in [5, 5.41) is 2.50. The van der Waals surface area contributed by atoms with E-state index in [0.717, 1.165) is 10.6 Å². The number of hydrogen-bond acceptors (Lipinski definition) is 4. The minimum atomic E-state index is -0.541. The molecule has 0 unspecified atom stereocenters. The summed E-state index contributed by atoms with van der Waals surface area (Å²) in [7, 11) is 0. The molecule has 126 valence electrons. The van der Waals surface area contributed by atoms with Crippen molar-refractivity contribution in [2.45, 2.75) is 6.61 Å². The Labute approximate surface area is 147 Å². The highest BCUT2D eigenvalue weighted by Crippen LogP contribution is 2.24. The zero-order valence-electron chi connectivity index (χ0n) is 13.0. The van der Waals surface area contributed by atoms with Gasteiger partial charge in [-0.25, -0.2) is 18.6 Å². The van der Waals surface area contributed by atoms with Crippen molar-refractivity contribution in [1.29, 1.82) is 0 Å². The summed E-state index contributed by atoms with van der Waals surface area (Å²) >= 11 is 1.39. The number of esters is 1. The minimum Gasteiger partial charge on any atom is -0.456 e. The smallest absolute Gasteiger partial charge is 0.331 e. The van der Waals surface area contributed by atoms with E-state index < -0.39 is 5.97 Å². The molecule has 0 aliphatic carbocycles. The van der Waals surface area contributed by atoms with E-state index in [-0.39, 0.29) is 18.2 Å². The Bertz CT molecular complexity index is 904. The minimum absolute atomic E-state index is 0.0318. The third-order valence-corrected chi connectivity index (χ3v) is 4.21. The van der Waals surface area contributed by atoms with Crippen molar-refractivity contribution in [1.82, 2.24) is 4.98 Å². The molecule has 0 saturated heterocycles. The summed E-state index contributed by atoms with van der Waals surface area (Å²) in [5.41, 5.74) is 1.98. The van der Waals surface area contributed by atoms with Gasteiger partial charge in [0.1, 0.15) is 23.2 Å². The number of benzene rings is 2. The van der Waals surface area contributed by atoms with Gasteiger partial charge in [-0.3, -0.25) is 0 Å². The molecule has 3 rings (SSSR count). The van der Waals surface area contributed by atoms with Crippen molar-refractivity contribution in [2.24, 2.45) is 0 Å². The molecule has 0 atom stereocenters. The molecule has 1 aromatic heterocycles. The molecule has 0 spiro atoms. The van der Waals surface area contributed by atoms with Crippen LogP contribution < -0.4 is 0 Å². The van der Waals surface area contributed by atoms with Crippen molar-refractivity contribution in [3.8, 4) is 10.6 Å². The standard InChI is InChI=1S/C19H13F2NO2S/c20-15-7-5-14(6-8-15)19-22-17(12-25-19)11-24-18(23)9-4-13-2-1-3-16(21)10-13/h1-10,12H,11H2. The maximum atomic E-state index is 13.0. The predicted molar refractivity (Wildman–Crippen MR) is 92.7 cm³/mol. The molecule has 6 heteroatoms. The van der Waals surface area contributed by atoms with Gasteiger partial charge in [0.05, 0.1) is 5.69 Å². The summed E-state index contributed by atoms with van der Waals surface area (Å²) in [6, 6.07) is 11.9. The quantitative estimate of drug-likeness (QED) is 0.484. The Hall–Kier alpha value is -2.86. The predicted octanol–water partition coefficient (Wildman–Crippen LogP) is 4.84. The van der Waals surface area contributed by atoms with Crippen LogP contribution in [0, 0.1) is 11.6 Å². The van der Waals surface area contributed by atoms with E-state index in [4.69, 9.17) is 4.74 Å². The molecule has 0 saturated carbocycles. The van der Waals surface area contributed by atoms with Crippen LogP contribution in [0.1, 0.15) is 11.3 Å². The molecule has 3 aromatic rings. The number of carbonyl (C=O) groups is 1. The summed E-state index contributed by atoms with van der Waals surface area (Å²) in [4.78, 5) is 16.1. The van der Waals surface area contributed by atoms with E-state index in [0.29, 0.717) is 11.3 Å². The summed E-state index contributed by atoms with van der Waals surface area (Å²) in [6.07, 6.45) is 2.72. The summed E-state index contributed by atoms with van der Waals surface area (Å²) in [5.74, 6) is -1.22. The van der Waals surface area contributed by atoms with Crippen LogP contribution >= 0.6 is 11.3 Å². The van der Waals surface area contributed by atoms with E-state index in [9.17, 15) is 13.6 Å². The van der Waals surface area contributed by atoms with Gasteiger partial charge in [0.15, 0.2) is 0 Å². The van der Waals surface area contributed by atoms with E-state index in [1.54, 1.807) is 29.6 Å². The molecule has 1 heterocycles. The fourth-order valence-electron chi connectivity index (χ4n) is 2.07. The van der Waals surface area contributed by atoms with Gasteiger partial charge in [-0.1, -0.05) is 12.1 Å². The number of halogens is 2. The SMILES string of the molecule is O=C(C=Cc1cccc(F)c1)OCc1csc(-c2ccc(F)cc2)n1. The monoisotopic (exact) mass is 357 g/mol. The van der Waals surface area contributed by atoms with Crippen molar-refractivity contribution in [3.05, 3.63) is 82.9 Å². The number of thiazole rings is 1. The molecule has 0 bridgehead atoms. The molecule has 2 aromatic carbocycles. The van der Waals surface area contributed by atoms with Crippen LogP contribution in [0.15, 0.2) is 60.0 Å². The Morgan fingerprint density at radius 2 is 1.92 bits per heavy atom. The third-order valence-electron chi connectivity index (χ3n) is 3.27. The maximum absolute atomic E-state index is 13.0. The third kappa shape index (κ3) is 4.81. The van der Waals surface area contributed by atoms with Crippen LogP contribution in [-0.4, -0.2) is 11.0 Å². The molecule has 0 amide bonds. The molecule has 3 nitrogen and oxygen atoms in total. The van der Waals surface area contributed by atoms with E-state index in [1.807, 2.05) is 0 Å². The highest BCUT2D eigenvalue weighted by molar-refractivity contribution is 7.13. The molecule has 0 aliphatic heterocycles. The number of nitrogens with zero attached hydrogens (tertiary/aromatic N) is 1. The molecular formula is C19H13F2NO2S. The number of ether oxygens (including phenoxy) is 1. The van der Waals surface area contributed by atoms with Crippen LogP contribution in [0.4, 0.5) is 8.78 Å². The van der Waals surface area contributed by atoms with E-state index in [2.05, 4.69) is 4.98 Å². The lowest BCUT2D eigenvalue weighted by atomic mass is 10.2. The average Bonchev–Trinajstić information content (AvgIpc) is 3.08. The fourth-order valence-corrected chi connectivity index (χ4v) is 2.88. The zero-order chi connectivity index (χ0) is 17.6. The van der Waals surface area contributed by atoms with Crippen LogP contribution in [0.5, 0.6) is 0 Å². The van der Waals surface area contributed by atoms with Crippen LogP contribution in [-0.2, 0) is 16.1 Å². The van der Waals surface area contributed by atoms with Gasteiger partial charge in [0.2, 0.25) is 0 Å². The van der Waals surface area contributed by atoms with Crippen molar-refractivity contribution >= 4 is 23.4 Å². The van der Waals surface area contributed by atoms with Crippen LogP contribution in [0.3, 0.4) is 0 Å². The largest absolute Gasteiger partial charge is 0.456 e. The second kappa shape index (κ2) is 7.81. The number of carbonyl (C=O) groups excluding carboxylic acids is 1. The van der Waals surface area contributed by atoms with Gasteiger partial charge in [-0.15, -0.1) is 11.3 Å². The zero-order valence-corrected chi connectivity index (χ0v) is 13.8. The number of rotatable bonds is 5. The maximum Gasteiger partial charge on any atom is 0.331 e. The Morgan fingerprint density at radius 3 is 2.68 bits per heavy atom. The van der Waals surface area contributed by atoms with Crippen LogP contribution in [0.25, 0.3) is 16.6 Å². The van der Waals surface area contributed by atoms with Gasteiger partial charge in [-0.05, 0) is 48.0 Å². The molecule has 0 N–H and O–H groups in total. The first kappa shape index (κ1) is 17.0. The lowest BCUT2D eigenvalue weighted by Gasteiger charge is -1.99.